The average molecular weight is 358 g/mol. The quantitative estimate of drug-likeness (QED) is 0.483. The minimum absolute atomic E-state index is 0.0792. The first-order valence-corrected chi connectivity index (χ1v) is 6.95. The Balaban J connectivity index is 2.72. The van der Waals surface area contributed by atoms with Crippen molar-refractivity contribution in [3.8, 4) is 6.07 Å². The standard InChI is InChI=1S/C15H5Cl3F2N2/c1-22-15-13(17)9(6-21)7(12(16)14(15)18)5-8-10(19)3-2-4-11(8)20/h2-4H,5H2. The summed E-state index contributed by atoms with van der Waals surface area (Å²) < 4.78 is 27.5. The van der Waals surface area contributed by atoms with Gasteiger partial charge >= 0.3 is 0 Å². The summed E-state index contributed by atoms with van der Waals surface area (Å²) in [6.45, 7) is 7.02. The molecular weight excluding hydrogens is 353 g/mol. The molecule has 0 fully saturated rings. The van der Waals surface area contributed by atoms with Crippen LogP contribution in [0.15, 0.2) is 18.2 Å². The second-order valence-electron chi connectivity index (χ2n) is 4.24. The van der Waals surface area contributed by atoms with E-state index in [1.165, 1.54) is 6.07 Å². The molecule has 0 aliphatic rings. The fourth-order valence-corrected chi connectivity index (χ4v) is 2.80. The van der Waals surface area contributed by atoms with Crippen molar-refractivity contribution in [3.05, 3.63) is 73.0 Å². The Hall–Kier alpha value is -1.85. The van der Waals surface area contributed by atoms with Crippen LogP contribution in [-0.4, -0.2) is 0 Å². The molecule has 0 aromatic heterocycles. The molecule has 2 aromatic carbocycles. The Kier molecular flexibility index (Phi) is 4.88. The van der Waals surface area contributed by atoms with E-state index in [0.29, 0.717) is 0 Å². The number of halogens is 5. The van der Waals surface area contributed by atoms with Crippen LogP contribution in [0.2, 0.25) is 15.1 Å². The summed E-state index contributed by atoms with van der Waals surface area (Å²) >= 11 is 18.0. The average Bonchev–Trinajstić information content (AvgIpc) is 2.48. The minimum Gasteiger partial charge on any atom is -0.235 e. The molecule has 0 saturated carbocycles. The zero-order valence-corrected chi connectivity index (χ0v) is 13.0. The summed E-state index contributed by atoms with van der Waals surface area (Å²) in [5.41, 5.74) is -0.466. The van der Waals surface area contributed by atoms with Gasteiger partial charge in [-0.05, 0) is 17.7 Å². The molecule has 0 unspecified atom stereocenters. The third kappa shape index (κ3) is 2.74. The Morgan fingerprint density at radius 2 is 1.64 bits per heavy atom. The molecule has 0 amide bonds. The van der Waals surface area contributed by atoms with Gasteiger partial charge in [0.25, 0.3) is 0 Å². The Labute approximate surface area is 140 Å². The van der Waals surface area contributed by atoms with Crippen molar-refractivity contribution in [1.82, 2.24) is 0 Å². The molecular formula is C15H5Cl3F2N2. The smallest absolute Gasteiger partial charge is 0.226 e. The normalized spacial score (nSPS) is 10.1. The van der Waals surface area contributed by atoms with E-state index >= 15 is 0 Å². The van der Waals surface area contributed by atoms with Gasteiger partial charge in [-0.3, -0.25) is 0 Å². The van der Waals surface area contributed by atoms with Gasteiger partial charge in [-0.25, -0.2) is 13.6 Å². The largest absolute Gasteiger partial charge is 0.235 e. The van der Waals surface area contributed by atoms with Crippen molar-refractivity contribution in [2.45, 2.75) is 6.42 Å². The molecule has 0 bridgehead atoms. The fourth-order valence-electron chi connectivity index (χ4n) is 1.95. The number of nitrogens with zero attached hydrogens (tertiary/aromatic N) is 2. The van der Waals surface area contributed by atoms with Crippen LogP contribution in [-0.2, 0) is 6.42 Å². The summed E-state index contributed by atoms with van der Waals surface area (Å²) in [6, 6.07) is 5.21. The zero-order chi connectivity index (χ0) is 16.4. The van der Waals surface area contributed by atoms with Crippen molar-refractivity contribution in [1.29, 1.82) is 5.26 Å². The van der Waals surface area contributed by atoms with E-state index in [9.17, 15) is 14.0 Å². The molecule has 2 nitrogen and oxygen atoms in total. The van der Waals surface area contributed by atoms with Gasteiger partial charge < -0.3 is 0 Å². The van der Waals surface area contributed by atoms with Gasteiger partial charge in [-0.2, -0.15) is 5.26 Å². The van der Waals surface area contributed by atoms with Gasteiger partial charge in [-0.1, -0.05) is 40.9 Å². The highest BCUT2D eigenvalue weighted by Crippen LogP contribution is 2.44. The molecule has 0 heterocycles. The van der Waals surface area contributed by atoms with Crippen LogP contribution in [0, 0.1) is 29.5 Å². The lowest BCUT2D eigenvalue weighted by molar-refractivity contribution is 0.561. The summed E-state index contributed by atoms with van der Waals surface area (Å²) in [6.07, 6.45) is -0.308. The maximum atomic E-state index is 13.8. The van der Waals surface area contributed by atoms with Crippen molar-refractivity contribution in [3.63, 3.8) is 0 Å². The first-order chi connectivity index (χ1) is 10.4. The summed E-state index contributed by atoms with van der Waals surface area (Å²) in [4.78, 5) is 3.12. The highest BCUT2D eigenvalue weighted by atomic mass is 35.5. The Morgan fingerprint density at radius 1 is 1.05 bits per heavy atom. The van der Waals surface area contributed by atoms with Crippen molar-refractivity contribution in [2.75, 3.05) is 0 Å². The fraction of sp³-hybridized carbons (Fsp3) is 0.0667. The number of hydrogen-bond acceptors (Lipinski definition) is 1. The third-order valence-electron chi connectivity index (χ3n) is 3.03. The second kappa shape index (κ2) is 6.50. The van der Waals surface area contributed by atoms with Crippen LogP contribution in [0.4, 0.5) is 14.5 Å². The lowest BCUT2D eigenvalue weighted by Gasteiger charge is -2.13. The molecule has 2 rings (SSSR count). The number of hydrogen-bond donors (Lipinski definition) is 0. The topological polar surface area (TPSA) is 28.1 Å². The molecule has 0 N–H and O–H groups in total. The van der Waals surface area contributed by atoms with E-state index in [-0.39, 0.29) is 43.9 Å². The molecule has 7 heteroatoms. The van der Waals surface area contributed by atoms with Gasteiger partial charge in [0.15, 0.2) is 0 Å². The molecule has 0 aliphatic heterocycles. The van der Waals surface area contributed by atoms with Crippen LogP contribution in [0.1, 0.15) is 16.7 Å². The number of rotatable bonds is 2. The van der Waals surface area contributed by atoms with E-state index in [4.69, 9.17) is 41.4 Å². The van der Waals surface area contributed by atoms with Crippen molar-refractivity contribution in [2.24, 2.45) is 0 Å². The predicted molar refractivity (Wildman–Crippen MR) is 81.6 cm³/mol. The van der Waals surface area contributed by atoms with Crippen LogP contribution < -0.4 is 0 Å². The second-order valence-corrected chi connectivity index (χ2v) is 5.38. The maximum Gasteiger partial charge on any atom is 0.226 e. The summed E-state index contributed by atoms with van der Waals surface area (Å²) in [5, 5.41) is 8.78. The molecule has 2 aromatic rings. The van der Waals surface area contributed by atoms with Crippen molar-refractivity contribution >= 4 is 40.5 Å². The number of benzene rings is 2. The van der Waals surface area contributed by atoms with Gasteiger partial charge in [0.2, 0.25) is 5.69 Å². The van der Waals surface area contributed by atoms with Crippen LogP contribution >= 0.6 is 34.8 Å². The van der Waals surface area contributed by atoms with E-state index < -0.39 is 11.6 Å². The summed E-state index contributed by atoms with van der Waals surface area (Å²) in [7, 11) is 0. The third-order valence-corrected chi connectivity index (χ3v) is 4.28. The van der Waals surface area contributed by atoms with E-state index in [2.05, 4.69) is 4.85 Å². The Morgan fingerprint density at radius 3 is 2.14 bits per heavy atom. The molecule has 0 atom stereocenters. The lowest BCUT2D eigenvalue weighted by Crippen LogP contribution is -2.01. The molecule has 110 valence electrons. The monoisotopic (exact) mass is 356 g/mol. The van der Waals surface area contributed by atoms with Crippen LogP contribution in [0.3, 0.4) is 0 Å². The van der Waals surface area contributed by atoms with E-state index in [1.807, 2.05) is 0 Å². The van der Waals surface area contributed by atoms with Gasteiger partial charge in [-0.15, -0.1) is 0 Å². The van der Waals surface area contributed by atoms with Crippen LogP contribution in [0.25, 0.3) is 4.85 Å². The zero-order valence-electron chi connectivity index (χ0n) is 10.7. The maximum absolute atomic E-state index is 13.8. The van der Waals surface area contributed by atoms with E-state index in [1.54, 1.807) is 6.07 Å². The minimum atomic E-state index is -0.776. The van der Waals surface area contributed by atoms with Crippen molar-refractivity contribution < 1.29 is 8.78 Å². The predicted octanol–water partition coefficient (Wildman–Crippen LogP) is 5.94. The number of nitriles is 1. The molecule has 0 saturated heterocycles. The Bertz CT molecular complexity index is 831. The lowest BCUT2D eigenvalue weighted by atomic mass is 9.98. The molecule has 0 spiro atoms. The SMILES string of the molecule is [C-]#[N+]c1c(Cl)c(Cl)c(Cc2c(F)cccc2F)c(C#N)c1Cl. The molecule has 0 aliphatic carbocycles. The highest BCUT2D eigenvalue weighted by molar-refractivity contribution is 6.47. The molecule has 22 heavy (non-hydrogen) atoms. The first-order valence-electron chi connectivity index (χ1n) is 5.82. The first kappa shape index (κ1) is 16.5. The van der Waals surface area contributed by atoms with Crippen LogP contribution in [0.5, 0.6) is 0 Å². The summed E-state index contributed by atoms with van der Waals surface area (Å²) in [5.74, 6) is -1.55. The van der Waals surface area contributed by atoms with E-state index in [0.717, 1.165) is 12.1 Å². The van der Waals surface area contributed by atoms with Gasteiger partial charge in [0.1, 0.15) is 11.6 Å². The highest BCUT2D eigenvalue weighted by Gasteiger charge is 2.23. The van der Waals surface area contributed by atoms with Gasteiger partial charge in [0, 0.05) is 12.0 Å². The van der Waals surface area contributed by atoms with Gasteiger partial charge in [0.05, 0.1) is 33.3 Å². The molecule has 0 radical (unpaired) electrons.